The number of anilines is 1. The number of rotatable bonds is 8. The molecule has 2 aromatic rings. The maximum Gasteiger partial charge on any atom is 0.260 e. The van der Waals surface area contributed by atoms with Crippen molar-refractivity contribution in [1.29, 1.82) is 0 Å². The first kappa shape index (κ1) is 16.6. The molecule has 0 saturated carbocycles. The van der Waals surface area contributed by atoms with E-state index in [1.807, 2.05) is 25.5 Å². The minimum atomic E-state index is -3.62. The maximum atomic E-state index is 12.7. The van der Waals surface area contributed by atoms with E-state index in [9.17, 15) is 8.42 Å². The molecule has 0 aliphatic heterocycles. The van der Waals surface area contributed by atoms with Crippen LogP contribution in [0, 0.1) is 0 Å². The molecule has 0 saturated heterocycles. The summed E-state index contributed by atoms with van der Waals surface area (Å²) in [5.41, 5.74) is 0. The Labute approximate surface area is 133 Å². The van der Waals surface area contributed by atoms with E-state index < -0.39 is 10.0 Å². The van der Waals surface area contributed by atoms with Gasteiger partial charge in [0.05, 0.1) is 0 Å². The molecule has 1 unspecified atom stereocenters. The number of hydrogen-bond donors (Lipinski definition) is 2. The van der Waals surface area contributed by atoms with Gasteiger partial charge in [-0.15, -0.1) is 11.3 Å². The van der Waals surface area contributed by atoms with Gasteiger partial charge < -0.3 is 5.32 Å². The number of imidazole rings is 1. The van der Waals surface area contributed by atoms with Crippen LogP contribution in [-0.4, -0.2) is 42.4 Å². The fourth-order valence-corrected chi connectivity index (χ4v) is 5.19. The maximum absolute atomic E-state index is 12.7. The summed E-state index contributed by atoms with van der Waals surface area (Å²) in [6.45, 7) is 4.51. The molecule has 6 nitrogen and oxygen atoms in total. The molecule has 0 fully saturated rings. The van der Waals surface area contributed by atoms with Crippen molar-refractivity contribution >= 4 is 43.9 Å². The Morgan fingerprint density at radius 2 is 2.24 bits per heavy atom. The lowest BCUT2D eigenvalue weighted by atomic mass is 10.3. The summed E-state index contributed by atoms with van der Waals surface area (Å²) < 4.78 is 29.9. The van der Waals surface area contributed by atoms with Crippen molar-refractivity contribution in [1.82, 2.24) is 14.1 Å². The molecule has 0 aromatic carbocycles. The molecule has 1 atom stereocenters. The highest BCUT2D eigenvalue weighted by Crippen LogP contribution is 2.26. The van der Waals surface area contributed by atoms with Crippen molar-refractivity contribution in [3.05, 3.63) is 11.6 Å². The topological polar surface area (TPSA) is 75.5 Å². The van der Waals surface area contributed by atoms with Crippen molar-refractivity contribution in [2.45, 2.75) is 31.3 Å². The third-order valence-electron chi connectivity index (χ3n) is 3.00. The number of aromatic nitrogens is 2. The lowest BCUT2D eigenvalue weighted by Crippen LogP contribution is -2.37. The molecule has 21 heavy (non-hydrogen) atoms. The van der Waals surface area contributed by atoms with Gasteiger partial charge in [0.1, 0.15) is 0 Å². The Kier molecular flexibility index (Phi) is 5.53. The predicted molar refractivity (Wildman–Crippen MR) is 90.0 cm³/mol. The Bertz CT molecular complexity index is 692. The van der Waals surface area contributed by atoms with E-state index in [4.69, 9.17) is 0 Å². The first-order chi connectivity index (χ1) is 10.0. The van der Waals surface area contributed by atoms with Crippen LogP contribution < -0.4 is 10.0 Å². The van der Waals surface area contributed by atoms with E-state index in [1.54, 1.807) is 22.4 Å². The van der Waals surface area contributed by atoms with Crippen LogP contribution in [0.15, 0.2) is 16.6 Å². The van der Waals surface area contributed by atoms with Crippen molar-refractivity contribution in [3.8, 4) is 0 Å². The number of thioether (sulfide) groups is 1. The van der Waals surface area contributed by atoms with Gasteiger partial charge in [0.2, 0.25) is 0 Å². The molecule has 0 radical (unpaired) electrons. The van der Waals surface area contributed by atoms with Crippen LogP contribution >= 0.6 is 23.1 Å². The van der Waals surface area contributed by atoms with Crippen LogP contribution in [0.4, 0.5) is 5.82 Å². The van der Waals surface area contributed by atoms with Gasteiger partial charge in [-0.25, -0.2) is 18.1 Å². The van der Waals surface area contributed by atoms with Crippen LogP contribution in [0.5, 0.6) is 0 Å². The molecule has 9 heteroatoms. The molecular formula is C12H20N4O2S3. The van der Waals surface area contributed by atoms with Crippen LogP contribution in [-0.2, 0) is 10.0 Å². The Balaban J connectivity index is 2.42. The molecule has 0 amide bonds. The highest BCUT2D eigenvalue weighted by molar-refractivity contribution is 7.98. The summed E-state index contributed by atoms with van der Waals surface area (Å²) in [6.07, 6.45) is 4.46. The molecule has 0 bridgehead atoms. The highest BCUT2D eigenvalue weighted by atomic mass is 32.2. The average molecular weight is 349 g/mol. The normalized spacial score (nSPS) is 13.7. The van der Waals surface area contributed by atoms with Gasteiger partial charge in [0, 0.05) is 29.9 Å². The monoisotopic (exact) mass is 348 g/mol. The number of thiazole rings is 1. The smallest absolute Gasteiger partial charge is 0.260 e. The van der Waals surface area contributed by atoms with E-state index >= 15 is 0 Å². The summed E-state index contributed by atoms with van der Waals surface area (Å²) in [7, 11) is -3.62. The third kappa shape index (κ3) is 3.53. The summed E-state index contributed by atoms with van der Waals surface area (Å²) in [5, 5.41) is 5.06. The van der Waals surface area contributed by atoms with Crippen molar-refractivity contribution in [3.63, 3.8) is 0 Å². The Morgan fingerprint density at radius 1 is 1.48 bits per heavy atom. The standard InChI is InChI=1S/C12H20N4O2S3/c1-4-9(8-19-3)15-21(17,18)11-10(13-5-2)14-12-16(11)6-7-20-12/h6-7,9,13,15H,4-5,8H2,1-3H3. The zero-order valence-electron chi connectivity index (χ0n) is 12.3. The zero-order chi connectivity index (χ0) is 15.5. The van der Waals surface area contributed by atoms with Gasteiger partial charge >= 0.3 is 0 Å². The summed E-state index contributed by atoms with van der Waals surface area (Å²) >= 11 is 3.04. The minimum absolute atomic E-state index is 0.0799. The second-order valence-electron chi connectivity index (χ2n) is 4.53. The van der Waals surface area contributed by atoms with Crippen LogP contribution in [0.1, 0.15) is 20.3 Å². The second-order valence-corrected chi connectivity index (χ2v) is 7.95. The van der Waals surface area contributed by atoms with E-state index in [2.05, 4.69) is 15.0 Å². The quantitative estimate of drug-likeness (QED) is 0.765. The van der Waals surface area contributed by atoms with E-state index in [1.165, 1.54) is 11.3 Å². The molecule has 2 N–H and O–H groups in total. The zero-order valence-corrected chi connectivity index (χ0v) is 14.7. The second kappa shape index (κ2) is 6.99. The van der Waals surface area contributed by atoms with Crippen molar-refractivity contribution in [2.75, 3.05) is 23.9 Å². The van der Waals surface area contributed by atoms with Gasteiger partial charge in [-0.2, -0.15) is 11.8 Å². The fraction of sp³-hybridized carbons (Fsp3) is 0.583. The number of nitrogens with one attached hydrogen (secondary N) is 2. The van der Waals surface area contributed by atoms with Gasteiger partial charge in [0.15, 0.2) is 15.8 Å². The summed E-state index contributed by atoms with van der Waals surface area (Å²) in [4.78, 5) is 5.02. The van der Waals surface area contributed by atoms with E-state index in [-0.39, 0.29) is 11.1 Å². The van der Waals surface area contributed by atoms with Crippen molar-refractivity contribution in [2.24, 2.45) is 0 Å². The molecule has 118 valence electrons. The lowest BCUT2D eigenvalue weighted by Gasteiger charge is -2.16. The summed E-state index contributed by atoms with van der Waals surface area (Å²) in [6, 6.07) is -0.0799. The number of nitrogens with zero attached hydrogens (tertiary/aromatic N) is 2. The lowest BCUT2D eigenvalue weighted by molar-refractivity contribution is 0.554. The van der Waals surface area contributed by atoms with Crippen molar-refractivity contribution < 1.29 is 8.42 Å². The largest absolute Gasteiger partial charge is 0.368 e. The molecule has 0 aliphatic carbocycles. The van der Waals surface area contributed by atoms with E-state index in [0.29, 0.717) is 17.3 Å². The Hall–Kier alpha value is -0.770. The highest BCUT2D eigenvalue weighted by Gasteiger charge is 2.27. The number of hydrogen-bond acceptors (Lipinski definition) is 6. The number of sulfonamides is 1. The average Bonchev–Trinajstić information content (AvgIpc) is 2.98. The predicted octanol–water partition coefficient (Wildman–Crippen LogP) is 2.25. The molecule has 0 spiro atoms. The molecular weight excluding hydrogens is 328 g/mol. The SMILES string of the molecule is CCNc1nc2sccn2c1S(=O)(=O)NC(CC)CSC. The van der Waals surface area contributed by atoms with Gasteiger partial charge in [-0.3, -0.25) is 4.40 Å². The Morgan fingerprint density at radius 3 is 2.86 bits per heavy atom. The molecule has 2 aromatic heterocycles. The minimum Gasteiger partial charge on any atom is -0.368 e. The van der Waals surface area contributed by atoms with Gasteiger partial charge in [-0.1, -0.05) is 6.92 Å². The molecule has 2 heterocycles. The fourth-order valence-electron chi connectivity index (χ4n) is 2.02. The molecule has 0 aliphatic rings. The van der Waals surface area contributed by atoms with Gasteiger partial charge in [-0.05, 0) is 19.6 Å². The van der Waals surface area contributed by atoms with Crippen LogP contribution in [0.3, 0.4) is 0 Å². The van der Waals surface area contributed by atoms with E-state index in [0.717, 1.165) is 12.2 Å². The van der Waals surface area contributed by atoms with Crippen LogP contribution in [0.25, 0.3) is 4.96 Å². The third-order valence-corrected chi connectivity index (χ3v) is 6.03. The van der Waals surface area contributed by atoms with Gasteiger partial charge in [0.25, 0.3) is 10.0 Å². The summed E-state index contributed by atoms with van der Waals surface area (Å²) in [5.74, 6) is 1.16. The first-order valence-corrected chi connectivity index (χ1v) is 10.5. The number of fused-ring (bicyclic) bond motifs is 1. The van der Waals surface area contributed by atoms with Crippen LogP contribution in [0.2, 0.25) is 0 Å². The molecule has 2 rings (SSSR count). The first-order valence-electron chi connectivity index (χ1n) is 6.74.